The van der Waals surface area contributed by atoms with Crippen molar-refractivity contribution in [2.45, 2.75) is 44.1 Å². The maximum atomic E-state index is 14.9. The van der Waals surface area contributed by atoms with Gasteiger partial charge in [-0.05, 0) is 73.2 Å². The molecular formula is C19H21FIN3OS. The highest BCUT2D eigenvalue weighted by atomic mass is 127. The molecule has 0 radical (unpaired) electrons. The number of aromatic nitrogens is 1. The molecule has 1 fully saturated rings. The van der Waals surface area contributed by atoms with E-state index in [1.165, 1.54) is 0 Å². The van der Waals surface area contributed by atoms with Crippen molar-refractivity contribution < 1.29 is 8.81 Å². The van der Waals surface area contributed by atoms with Gasteiger partial charge in [0, 0.05) is 20.8 Å². The van der Waals surface area contributed by atoms with Crippen LogP contribution in [0.5, 0.6) is 0 Å². The van der Waals surface area contributed by atoms with Gasteiger partial charge in [0.25, 0.3) is 0 Å². The number of thioether (sulfide) groups is 1. The first-order chi connectivity index (χ1) is 12.5. The Hall–Kier alpha value is -1.09. The fourth-order valence-corrected chi connectivity index (χ4v) is 5.75. The second-order valence-corrected chi connectivity index (χ2v) is 9.44. The van der Waals surface area contributed by atoms with E-state index in [2.05, 4.69) is 27.6 Å². The monoisotopic (exact) mass is 485 g/mol. The molecule has 0 spiro atoms. The third kappa shape index (κ3) is 3.28. The van der Waals surface area contributed by atoms with Crippen LogP contribution < -0.4 is 5.73 Å². The number of aliphatic imine (C=N–C) groups is 1. The van der Waals surface area contributed by atoms with Crippen molar-refractivity contribution in [3.8, 4) is 0 Å². The fourth-order valence-electron chi connectivity index (χ4n) is 4.29. The predicted octanol–water partition coefficient (Wildman–Crippen LogP) is 4.96. The van der Waals surface area contributed by atoms with Crippen LogP contribution in [0.25, 0.3) is 0 Å². The third-order valence-electron chi connectivity index (χ3n) is 5.48. The summed E-state index contributed by atoms with van der Waals surface area (Å²) in [5, 5.41) is 0.560. The summed E-state index contributed by atoms with van der Waals surface area (Å²) in [6, 6.07) is 5.44. The van der Waals surface area contributed by atoms with Gasteiger partial charge in [-0.25, -0.2) is 9.37 Å². The van der Waals surface area contributed by atoms with E-state index in [0.29, 0.717) is 10.7 Å². The van der Waals surface area contributed by atoms with E-state index in [-0.39, 0.29) is 17.7 Å². The highest BCUT2D eigenvalue weighted by molar-refractivity contribution is 14.1. The van der Waals surface area contributed by atoms with Gasteiger partial charge in [-0.15, -0.1) is 0 Å². The number of nitrogens with two attached hydrogens (primary N) is 1. The van der Waals surface area contributed by atoms with Gasteiger partial charge in [-0.2, -0.15) is 0 Å². The van der Waals surface area contributed by atoms with E-state index < -0.39 is 5.54 Å². The molecule has 0 amide bonds. The Morgan fingerprint density at radius 2 is 2.27 bits per heavy atom. The molecule has 0 unspecified atom stereocenters. The molecule has 1 aliphatic carbocycles. The number of fused-ring (bicyclic) bond motifs is 1. The van der Waals surface area contributed by atoms with E-state index in [9.17, 15) is 4.39 Å². The Kier molecular flexibility index (Phi) is 5.02. The minimum absolute atomic E-state index is 0.184. The molecule has 7 heteroatoms. The van der Waals surface area contributed by atoms with Crippen LogP contribution in [0, 0.1) is 22.2 Å². The number of oxazole rings is 1. The summed E-state index contributed by atoms with van der Waals surface area (Å²) in [4.78, 5) is 9.40. The van der Waals surface area contributed by atoms with Gasteiger partial charge in [0.05, 0.1) is 11.2 Å². The highest BCUT2D eigenvalue weighted by Gasteiger charge is 2.47. The SMILES string of the molecule is Cc1coc([C@@H]2CCC[C@]3(c4ccc(I)cc4F)N=C(N)SC[C@@H]3C2)n1. The first-order valence-corrected chi connectivity index (χ1v) is 10.9. The van der Waals surface area contributed by atoms with Gasteiger partial charge in [-0.3, -0.25) is 4.99 Å². The number of hydrogen-bond acceptors (Lipinski definition) is 5. The lowest BCUT2D eigenvalue weighted by atomic mass is 9.75. The molecule has 0 saturated heterocycles. The summed E-state index contributed by atoms with van der Waals surface area (Å²) in [7, 11) is 0. The maximum absolute atomic E-state index is 14.9. The summed E-state index contributed by atoms with van der Waals surface area (Å²) < 4.78 is 21.5. The van der Waals surface area contributed by atoms with Crippen molar-refractivity contribution in [3.05, 3.63) is 51.0 Å². The first kappa shape index (κ1) is 18.3. The number of rotatable bonds is 2. The summed E-state index contributed by atoms with van der Waals surface area (Å²) in [6.45, 7) is 1.94. The summed E-state index contributed by atoms with van der Waals surface area (Å²) in [5.74, 6) is 1.91. The minimum atomic E-state index is -0.583. The van der Waals surface area contributed by atoms with Crippen molar-refractivity contribution >= 4 is 39.5 Å². The zero-order valence-corrected chi connectivity index (χ0v) is 17.5. The Morgan fingerprint density at radius 3 is 3.00 bits per heavy atom. The summed E-state index contributed by atoms with van der Waals surface area (Å²) in [5.41, 5.74) is 7.10. The number of hydrogen-bond donors (Lipinski definition) is 1. The van der Waals surface area contributed by atoms with E-state index in [4.69, 9.17) is 15.1 Å². The second kappa shape index (κ2) is 7.14. The topological polar surface area (TPSA) is 64.4 Å². The van der Waals surface area contributed by atoms with Crippen molar-refractivity contribution in [2.24, 2.45) is 16.6 Å². The summed E-state index contributed by atoms with van der Waals surface area (Å²) >= 11 is 3.71. The fraction of sp³-hybridized carbons (Fsp3) is 0.474. The molecule has 1 saturated carbocycles. The normalized spacial score (nSPS) is 29.0. The van der Waals surface area contributed by atoms with Crippen LogP contribution in [0.1, 0.15) is 48.7 Å². The lowest BCUT2D eigenvalue weighted by molar-refractivity contribution is 0.263. The Bertz CT molecular complexity index is 855. The van der Waals surface area contributed by atoms with Crippen LogP contribution in [0.4, 0.5) is 4.39 Å². The average Bonchev–Trinajstić information content (AvgIpc) is 2.92. The lowest BCUT2D eigenvalue weighted by Crippen LogP contribution is -2.40. The minimum Gasteiger partial charge on any atom is -0.448 e. The molecule has 138 valence electrons. The molecule has 1 aromatic carbocycles. The zero-order valence-electron chi connectivity index (χ0n) is 14.5. The van der Waals surface area contributed by atoms with Crippen LogP contribution in [0.3, 0.4) is 0 Å². The molecule has 4 rings (SSSR count). The van der Waals surface area contributed by atoms with Crippen LogP contribution in [-0.4, -0.2) is 15.9 Å². The van der Waals surface area contributed by atoms with Gasteiger partial charge in [0.2, 0.25) is 0 Å². The molecule has 1 aromatic heterocycles. The van der Waals surface area contributed by atoms with Crippen molar-refractivity contribution in [3.63, 3.8) is 0 Å². The summed E-state index contributed by atoms with van der Waals surface area (Å²) in [6.07, 6.45) is 5.31. The molecule has 3 atom stereocenters. The third-order valence-corrected chi connectivity index (χ3v) is 7.11. The van der Waals surface area contributed by atoms with E-state index >= 15 is 0 Å². The Labute approximate surface area is 170 Å². The van der Waals surface area contributed by atoms with E-state index in [0.717, 1.165) is 46.6 Å². The van der Waals surface area contributed by atoms with E-state index in [1.807, 2.05) is 19.1 Å². The smallest absolute Gasteiger partial charge is 0.197 e. The number of nitrogens with zero attached hydrogens (tertiary/aromatic N) is 2. The highest BCUT2D eigenvalue weighted by Crippen LogP contribution is 2.51. The lowest BCUT2D eigenvalue weighted by Gasteiger charge is -2.40. The van der Waals surface area contributed by atoms with Gasteiger partial charge in [-0.1, -0.05) is 17.8 Å². The first-order valence-electron chi connectivity index (χ1n) is 8.83. The molecule has 2 aliphatic rings. The van der Waals surface area contributed by atoms with Crippen LogP contribution in [0.2, 0.25) is 0 Å². The zero-order chi connectivity index (χ0) is 18.3. The van der Waals surface area contributed by atoms with E-state index in [1.54, 1.807) is 24.1 Å². The Morgan fingerprint density at radius 1 is 1.42 bits per heavy atom. The van der Waals surface area contributed by atoms with Crippen LogP contribution >= 0.6 is 34.4 Å². The van der Waals surface area contributed by atoms with Gasteiger partial charge in [0.1, 0.15) is 12.1 Å². The van der Waals surface area contributed by atoms with Gasteiger partial charge >= 0.3 is 0 Å². The number of halogens is 2. The molecular weight excluding hydrogens is 464 g/mol. The number of benzene rings is 1. The van der Waals surface area contributed by atoms with Crippen LogP contribution in [0.15, 0.2) is 33.9 Å². The quantitative estimate of drug-likeness (QED) is 0.611. The van der Waals surface area contributed by atoms with Crippen LogP contribution in [-0.2, 0) is 5.54 Å². The molecule has 1 aliphatic heterocycles. The average molecular weight is 485 g/mol. The second-order valence-electron chi connectivity index (χ2n) is 7.16. The predicted molar refractivity (Wildman–Crippen MR) is 111 cm³/mol. The van der Waals surface area contributed by atoms with Crippen molar-refractivity contribution in [1.29, 1.82) is 0 Å². The van der Waals surface area contributed by atoms with Gasteiger partial charge in [0.15, 0.2) is 11.1 Å². The standard InChI is InChI=1S/C19H21FIN3OS/c1-11-9-25-17(23-11)12-3-2-6-19(13(7-12)10-26-18(22)24-19)15-5-4-14(21)8-16(15)20/h4-5,8-9,12-13H,2-3,6-7,10H2,1H3,(H2,22,24)/t12-,13+,19+/m1/s1. The number of amidine groups is 1. The molecule has 2 N–H and O–H groups in total. The van der Waals surface area contributed by atoms with Crippen molar-refractivity contribution in [1.82, 2.24) is 4.98 Å². The molecule has 0 bridgehead atoms. The number of aryl methyl sites for hydroxylation is 1. The largest absolute Gasteiger partial charge is 0.448 e. The molecule has 26 heavy (non-hydrogen) atoms. The van der Waals surface area contributed by atoms with Gasteiger partial charge < -0.3 is 10.2 Å². The molecule has 2 heterocycles. The molecule has 4 nitrogen and oxygen atoms in total. The molecule has 2 aromatic rings. The van der Waals surface area contributed by atoms with Crippen molar-refractivity contribution in [2.75, 3.05) is 5.75 Å². The Balaban J connectivity index is 1.76. The maximum Gasteiger partial charge on any atom is 0.197 e.